The van der Waals surface area contributed by atoms with Gasteiger partial charge in [0.05, 0.1) is 11.1 Å². The molecule has 0 saturated carbocycles. The fourth-order valence-electron chi connectivity index (χ4n) is 4.27. The monoisotopic (exact) mass is 705 g/mol. The van der Waals surface area contributed by atoms with E-state index in [9.17, 15) is 79.9 Å². The van der Waals surface area contributed by atoms with Crippen LogP contribution in [0.15, 0.2) is 24.3 Å². The number of fused-ring (bicyclic) bond motifs is 3. The lowest BCUT2D eigenvalue weighted by molar-refractivity contribution is -0.287. The highest BCUT2D eigenvalue weighted by atomic mass is 19.4. The molecular formula is C25H4F17NO4. The third-order valence-corrected chi connectivity index (χ3v) is 5.72. The van der Waals surface area contributed by atoms with Crippen LogP contribution in [0.25, 0.3) is 22.3 Å². The van der Waals surface area contributed by atoms with Crippen molar-refractivity contribution in [2.45, 2.75) is 25.4 Å². The van der Waals surface area contributed by atoms with Crippen molar-refractivity contribution in [1.29, 1.82) is 5.26 Å². The highest BCUT2D eigenvalue weighted by Crippen LogP contribution is 2.55. The molecule has 0 aromatic heterocycles. The van der Waals surface area contributed by atoms with Crippen molar-refractivity contribution < 1.29 is 93.6 Å². The van der Waals surface area contributed by atoms with Gasteiger partial charge in [-0.2, -0.15) is 5.26 Å². The van der Waals surface area contributed by atoms with Crippen molar-refractivity contribution in [2.24, 2.45) is 0 Å². The smallest absolute Gasteiger partial charge is 0.402 e. The number of allylic oxidation sites excluding steroid dienone is 1. The molecule has 0 unspecified atom stereocenters. The summed E-state index contributed by atoms with van der Waals surface area (Å²) < 4.78 is 242. The van der Waals surface area contributed by atoms with Crippen molar-refractivity contribution >= 4 is 11.1 Å². The Balaban J connectivity index is 2.24. The number of hydrogen-bond acceptors (Lipinski definition) is 5. The number of benzene rings is 3. The molecule has 0 saturated heterocycles. The zero-order valence-electron chi connectivity index (χ0n) is 21.3. The van der Waals surface area contributed by atoms with Crippen LogP contribution in [0.3, 0.4) is 0 Å². The van der Waals surface area contributed by atoms with Crippen LogP contribution in [-0.4, -0.2) is 25.4 Å². The predicted molar refractivity (Wildman–Crippen MR) is 116 cm³/mol. The van der Waals surface area contributed by atoms with Crippen molar-refractivity contribution in [3.63, 3.8) is 0 Å². The maximum Gasteiger partial charge on any atom is 0.573 e. The first-order valence-electron chi connectivity index (χ1n) is 11.4. The minimum Gasteiger partial charge on any atom is -0.402 e. The second-order valence-corrected chi connectivity index (χ2v) is 8.69. The van der Waals surface area contributed by atoms with Crippen LogP contribution in [0.1, 0.15) is 16.7 Å². The van der Waals surface area contributed by atoms with Crippen LogP contribution in [0.5, 0.6) is 23.0 Å². The van der Waals surface area contributed by atoms with Gasteiger partial charge in [-0.15, -0.1) is 52.7 Å². The van der Waals surface area contributed by atoms with Gasteiger partial charge >= 0.3 is 25.4 Å². The molecule has 0 atom stereocenters. The average Bonchev–Trinajstić information content (AvgIpc) is 3.17. The molecule has 22 heteroatoms. The van der Waals surface area contributed by atoms with Gasteiger partial charge in [-0.3, -0.25) is 0 Å². The van der Waals surface area contributed by atoms with E-state index < -0.39 is 116 Å². The number of ether oxygens (including phenoxy) is 4. The molecule has 3 aromatic carbocycles. The lowest BCUT2D eigenvalue weighted by Gasteiger charge is -2.18. The van der Waals surface area contributed by atoms with E-state index in [1.807, 2.05) is 0 Å². The highest BCUT2D eigenvalue weighted by molar-refractivity contribution is 6.14. The Morgan fingerprint density at radius 3 is 0.957 bits per heavy atom. The van der Waals surface area contributed by atoms with E-state index in [4.69, 9.17) is 0 Å². The van der Waals surface area contributed by atoms with Gasteiger partial charge in [0.15, 0.2) is 46.3 Å². The first kappa shape index (κ1) is 34.8. The molecule has 0 spiro atoms. The molecule has 1 aliphatic rings. The van der Waals surface area contributed by atoms with Gasteiger partial charge in [-0.1, -0.05) is 0 Å². The Labute approximate surface area is 246 Å². The van der Waals surface area contributed by atoms with E-state index in [0.717, 1.165) is 6.07 Å². The van der Waals surface area contributed by atoms with Crippen molar-refractivity contribution in [3.05, 3.63) is 70.0 Å². The lowest BCUT2D eigenvalue weighted by Crippen LogP contribution is -2.21. The molecular weight excluding hydrogens is 701 g/mol. The molecule has 4 rings (SSSR count). The standard InChI is InChI=1S/C25H4F17NO4/c26-17-16(18(27)20(29)21(30)19(17)28)10(5-43)15-8-3-13(46-24(37,38)39)11(44-22(31,32)33)1-6(8)7-2-12(45-23(34,35)36)14(4-9(7)15)47-25(40,41)42/h1-4H. The van der Waals surface area contributed by atoms with E-state index in [2.05, 4.69) is 18.9 Å². The third-order valence-electron chi connectivity index (χ3n) is 5.72. The SMILES string of the molecule is N#CC(=C1c2cc(OC(F)(F)F)c(OC(F)(F)F)cc2-c2cc(OC(F)(F)F)c(OC(F)(F)F)cc21)c1c(F)c(F)c(F)c(F)c1F. The number of rotatable bonds is 5. The van der Waals surface area contributed by atoms with Crippen LogP contribution in [0, 0.1) is 40.4 Å². The van der Waals surface area contributed by atoms with Crippen LogP contribution >= 0.6 is 0 Å². The molecule has 0 radical (unpaired) electrons. The molecule has 0 fully saturated rings. The molecule has 0 N–H and O–H groups in total. The quantitative estimate of drug-likeness (QED) is 0.0897. The Hall–Kier alpha value is -5.10. The van der Waals surface area contributed by atoms with Gasteiger partial charge < -0.3 is 18.9 Å². The summed E-state index contributed by atoms with van der Waals surface area (Å²) in [5, 5.41) is 9.77. The summed E-state index contributed by atoms with van der Waals surface area (Å²) in [5.41, 5.74) is -9.80. The number of halogens is 17. The molecule has 252 valence electrons. The summed E-state index contributed by atoms with van der Waals surface area (Å²) in [6.07, 6.45) is -23.3. The molecule has 0 heterocycles. The van der Waals surface area contributed by atoms with E-state index in [1.54, 1.807) is 0 Å². The number of nitrogens with zero attached hydrogens (tertiary/aromatic N) is 1. The van der Waals surface area contributed by atoms with Crippen LogP contribution in [0.4, 0.5) is 74.6 Å². The van der Waals surface area contributed by atoms with Gasteiger partial charge in [-0.05, 0) is 46.5 Å². The molecule has 5 nitrogen and oxygen atoms in total. The van der Waals surface area contributed by atoms with E-state index in [-0.39, 0.29) is 24.3 Å². The van der Waals surface area contributed by atoms with Crippen molar-refractivity contribution in [2.75, 3.05) is 0 Å². The Morgan fingerprint density at radius 2 is 0.702 bits per heavy atom. The second-order valence-electron chi connectivity index (χ2n) is 8.69. The topological polar surface area (TPSA) is 60.7 Å². The average molecular weight is 705 g/mol. The first-order chi connectivity index (χ1) is 21.3. The Bertz CT molecular complexity index is 1730. The Morgan fingerprint density at radius 1 is 0.447 bits per heavy atom. The van der Waals surface area contributed by atoms with Crippen LogP contribution in [-0.2, 0) is 0 Å². The second kappa shape index (κ2) is 11.3. The van der Waals surface area contributed by atoms with Gasteiger partial charge in [0.1, 0.15) is 6.07 Å². The first-order valence-corrected chi connectivity index (χ1v) is 11.4. The fraction of sp³-hybridized carbons (Fsp3) is 0.160. The minimum atomic E-state index is -5.85. The normalized spacial score (nSPS) is 13.1. The summed E-state index contributed by atoms with van der Waals surface area (Å²) in [6.45, 7) is 0. The van der Waals surface area contributed by atoms with Crippen LogP contribution < -0.4 is 18.9 Å². The van der Waals surface area contributed by atoms with E-state index in [1.165, 1.54) is 0 Å². The maximum atomic E-state index is 14.8. The number of hydrogen-bond donors (Lipinski definition) is 0. The van der Waals surface area contributed by atoms with Gasteiger partial charge in [0.2, 0.25) is 5.82 Å². The van der Waals surface area contributed by atoms with Crippen LogP contribution in [0.2, 0.25) is 0 Å². The molecule has 47 heavy (non-hydrogen) atoms. The van der Waals surface area contributed by atoms with Gasteiger partial charge in [0, 0.05) is 5.57 Å². The zero-order chi connectivity index (χ0) is 35.6. The predicted octanol–water partition coefficient (Wildman–Crippen LogP) is 9.44. The third kappa shape index (κ3) is 7.17. The summed E-state index contributed by atoms with van der Waals surface area (Å²) in [4.78, 5) is 0. The Kier molecular flexibility index (Phi) is 8.36. The number of alkyl halides is 12. The minimum absolute atomic E-state index is 0.0507. The lowest BCUT2D eigenvalue weighted by atomic mass is 9.92. The molecule has 0 aliphatic heterocycles. The molecule has 1 aliphatic carbocycles. The summed E-state index contributed by atoms with van der Waals surface area (Å²) in [7, 11) is 0. The summed E-state index contributed by atoms with van der Waals surface area (Å²) in [5.74, 6) is -21.5. The molecule has 3 aromatic rings. The highest BCUT2D eigenvalue weighted by Gasteiger charge is 2.42. The van der Waals surface area contributed by atoms with Crippen molar-refractivity contribution in [3.8, 4) is 40.2 Å². The molecule has 0 bridgehead atoms. The van der Waals surface area contributed by atoms with Crippen molar-refractivity contribution in [1.82, 2.24) is 0 Å². The largest absolute Gasteiger partial charge is 0.573 e. The summed E-state index contributed by atoms with van der Waals surface area (Å²) >= 11 is 0. The maximum absolute atomic E-state index is 14.8. The van der Waals surface area contributed by atoms with E-state index >= 15 is 0 Å². The number of nitriles is 1. The summed E-state index contributed by atoms with van der Waals surface area (Å²) in [6, 6.07) is 0.605. The van der Waals surface area contributed by atoms with E-state index in [0.29, 0.717) is 0 Å². The van der Waals surface area contributed by atoms with Gasteiger partial charge in [-0.25, -0.2) is 22.0 Å². The zero-order valence-corrected chi connectivity index (χ0v) is 21.3. The van der Waals surface area contributed by atoms with Gasteiger partial charge in [0.25, 0.3) is 0 Å². The fourth-order valence-corrected chi connectivity index (χ4v) is 4.27. The molecule has 0 amide bonds.